The highest BCUT2D eigenvalue weighted by atomic mass is 79.9. The second-order valence-corrected chi connectivity index (χ2v) is 5.63. The Morgan fingerprint density at radius 3 is 2.50 bits per heavy atom. The number of rotatable bonds is 4. The summed E-state index contributed by atoms with van der Waals surface area (Å²) >= 11 is 3.52. The molecule has 94 valence electrons. The van der Waals surface area contributed by atoms with Crippen molar-refractivity contribution < 1.29 is 0 Å². The zero-order valence-electron chi connectivity index (χ0n) is 10.8. The average molecular weight is 304 g/mol. The monoisotopic (exact) mass is 303 g/mol. The molecule has 2 aromatic rings. The molecule has 2 aromatic carbocycles. The number of nitrogens with one attached hydrogen (secondary N) is 1. The molecule has 0 spiro atoms. The minimum absolute atomic E-state index is 0.505. The van der Waals surface area contributed by atoms with E-state index in [1.165, 1.54) is 16.8 Å². The molecule has 0 heterocycles. The van der Waals surface area contributed by atoms with Crippen LogP contribution < -0.4 is 5.32 Å². The minimum Gasteiger partial charge on any atom is -0.384 e. The van der Waals surface area contributed by atoms with Gasteiger partial charge in [0.1, 0.15) is 0 Å². The Morgan fingerprint density at radius 1 is 1.11 bits per heavy atom. The molecule has 0 fully saturated rings. The number of hydrogen-bond donors (Lipinski definition) is 1. The largest absolute Gasteiger partial charge is 0.384 e. The number of hydrogen-bond acceptors (Lipinski definition) is 1. The van der Waals surface area contributed by atoms with E-state index in [2.05, 4.69) is 83.6 Å². The molecule has 1 atom stereocenters. The third-order valence-electron chi connectivity index (χ3n) is 3.02. The average Bonchev–Trinajstić information content (AvgIpc) is 2.36. The van der Waals surface area contributed by atoms with E-state index in [0.29, 0.717) is 5.92 Å². The predicted octanol–water partition coefficient (Wildman–Crippen LogP) is 4.97. The fourth-order valence-electron chi connectivity index (χ4n) is 2.01. The zero-order chi connectivity index (χ0) is 13.0. The van der Waals surface area contributed by atoms with Crippen molar-refractivity contribution >= 4 is 21.6 Å². The van der Waals surface area contributed by atoms with Gasteiger partial charge >= 0.3 is 0 Å². The maximum Gasteiger partial charge on any atom is 0.0354 e. The van der Waals surface area contributed by atoms with Crippen molar-refractivity contribution in [3.05, 3.63) is 64.1 Å². The predicted molar refractivity (Wildman–Crippen MR) is 82.2 cm³/mol. The summed E-state index contributed by atoms with van der Waals surface area (Å²) in [6, 6.07) is 17.0. The highest BCUT2D eigenvalue weighted by molar-refractivity contribution is 9.10. The maximum atomic E-state index is 3.52. The van der Waals surface area contributed by atoms with Crippen LogP contribution >= 0.6 is 15.9 Å². The van der Waals surface area contributed by atoms with Crippen molar-refractivity contribution in [3.63, 3.8) is 0 Å². The molecular formula is C16H18BrN. The van der Waals surface area contributed by atoms with Gasteiger partial charge in [0.05, 0.1) is 0 Å². The molecule has 1 unspecified atom stereocenters. The summed E-state index contributed by atoms with van der Waals surface area (Å²) in [6.45, 7) is 5.30. The Morgan fingerprint density at radius 2 is 1.83 bits per heavy atom. The first-order valence-corrected chi connectivity index (χ1v) is 7.00. The van der Waals surface area contributed by atoms with E-state index in [1.807, 2.05) is 0 Å². The van der Waals surface area contributed by atoms with E-state index in [9.17, 15) is 0 Å². The van der Waals surface area contributed by atoms with Crippen LogP contribution in [-0.2, 0) is 0 Å². The first kappa shape index (κ1) is 13.2. The second kappa shape index (κ2) is 6.05. The van der Waals surface area contributed by atoms with Crippen LogP contribution in [0.15, 0.2) is 53.0 Å². The maximum absolute atomic E-state index is 3.52. The molecule has 0 aliphatic rings. The summed E-state index contributed by atoms with van der Waals surface area (Å²) in [4.78, 5) is 0. The van der Waals surface area contributed by atoms with Crippen molar-refractivity contribution in [1.82, 2.24) is 0 Å². The smallest absolute Gasteiger partial charge is 0.0354 e. The van der Waals surface area contributed by atoms with Gasteiger partial charge in [-0.25, -0.2) is 0 Å². The summed E-state index contributed by atoms with van der Waals surface area (Å²) in [7, 11) is 0. The Balaban J connectivity index is 1.99. The molecule has 0 radical (unpaired) electrons. The van der Waals surface area contributed by atoms with Gasteiger partial charge in [0, 0.05) is 16.7 Å². The lowest BCUT2D eigenvalue weighted by Crippen LogP contribution is -2.09. The molecule has 2 heteroatoms. The van der Waals surface area contributed by atoms with Crippen LogP contribution in [0.4, 0.5) is 5.69 Å². The van der Waals surface area contributed by atoms with E-state index >= 15 is 0 Å². The lowest BCUT2D eigenvalue weighted by molar-refractivity contribution is 0.805. The Hall–Kier alpha value is -1.28. The van der Waals surface area contributed by atoms with Gasteiger partial charge in [-0.2, -0.15) is 0 Å². The summed E-state index contributed by atoms with van der Waals surface area (Å²) in [5, 5.41) is 3.49. The lowest BCUT2D eigenvalue weighted by atomic mass is 10.0. The Bertz CT molecular complexity index is 488. The van der Waals surface area contributed by atoms with Gasteiger partial charge < -0.3 is 5.32 Å². The van der Waals surface area contributed by atoms with Crippen molar-refractivity contribution in [1.29, 1.82) is 0 Å². The number of anilines is 1. The number of halogens is 1. The highest BCUT2D eigenvalue weighted by Gasteiger charge is 2.04. The van der Waals surface area contributed by atoms with Crippen LogP contribution in [0.1, 0.15) is 24.0 Å². The molecule has 0 amide bonds. The SMILES string of the molecule is Cc1cc(Br)cc(NCC(C)c2ccccc2)c1. The first-order valence-electron chi connectivity index (χ1n) is 6.21. The van der Waals surface area contributed by atoms with E-state index in [0.717, 1.165) is 11.0 Å². The van der Waals surface area contributed by atoms with Crippen LogP contribution in [0, 0.1) is 6.92 Å². The lowest BCUT2D eigenvalue weighted by Gasteiger charge is -2.14. The number of benzene rings is 2. The fraction of sp³-hybridized carbons (Fsp3) is 0.250. The van der Waals surface area contributed by atoms with Gasteiger partial charge in [-0.1, -0.05) is 53.2 Å². The first-order chi connectivity index (χ1) is 8.65. The summed E-state index contributed by atoms with van der Waals surface area (Å²) in [5.74, 6) is 0.505. The number of aryl methyl sites for hydroxylation is 1. The topological polar surface area (TPSA) is 12.0 Å². The molecule has 0 saturated carbocycles. The van der Waals surface area contributed by atoms with Crippen molar-refractivity contribution in [2.24, 2.45) is 0 Å². The molecule has 0 bridgehead atoms. The van der Waals surface area contributed by atoms with Crippen LogP contribution in [0.2, 0.25) is 0 Å². The van der Waals surface area contributed by atoms with Crippen LogP contribution in [-0.4, -0.2) is 6.54 Å². The van der Waals surface area contributed by atoms with E-state index in [1.54, 1.807) is 0 Å². The summed E-state index contributed by atoms with van der Waals surface area (Å²) in [6.07, 6.45) is 0. The Kier molecular flexibility index (Phi) is 4.43. The van der Waals surface area contributed by atoms with Crippen molar-refractivity contribution in [3.8, 4) is 0 Å². The third kappa shape index (κ3) is 3.61. The van der Waals surface area contributed by atoms with E-state index in [4.69, 9.17) is 0 Å². The summed E-state index contributed by atoms with van der Waals surface area (Å²) in [5.41, 5.74) is 3.81. The zero-order valence-corrected chi connectivity index (χ0v) is 12.4. The molecule has 0 aliphatic heterocycles. The van der Waals surface area contributed by atoms with Crippen LogP contribution in [0.5, 0.6) is 0 Å². The molecule has 0 aliphatic carbocycles. The van der Waals surface area contributed by atoms with Gasteiger partial charge in [0.15, 0.2) is 0 Å². The van der Waals surface area contributed by atoms with Crippen molar-refractivity contribution in [2.45, 2.75) is 19.8 Å². The van der Waals surface area contributed by atoms with Gasteiger partial charge in [-0.05, 0) is 42.2 Å². The van der Waals surface area contributed by atoms with Gasteiger partial charge in [0.25, 0.3) is 0 Å². The second-order valence-electron chi connectivity index (χ2n) is 4.71. The van der Waals surface area contributed by atoms with E-state index < -0.39 is 0 Å². The molecule has 18 heavy (non-hydrogen) atoms. The fourth-order valence-corrected chi connectivity index (χ4v) is 2.62. The van der Waals surface area contributed by atoms with Crippen LogP contribution in [0.3, 0.4) is 0 Å². The third-order valence-corrected chi connectivity index (χ3v) is 3.48. The van der Waals surface area contributed by atoms with Crippen LogP contribution in [0.25, 0.3) is 0 Å². The molecule has 0 aromatic heterocycles. The van der Waals surface area contributed by atoms with Gasteiger partial charge in [0.2, 0.25) is 0 Å². The van der Waals surface area contributed by atoms with Gasteiger partial charge in [-0.3, -0.25) is 0 Å². The molecule has 1 nitrogen and oxygen atoms in total. The molecular weight excluding hydrogens is 286 g/mol. The van der Waals surface area contributed by atoms with E-state index in [-0.39, 0.29) is 0 Å². The van der Waals surface area contributed by atoms with Gasteiger partial charge in [-0.15, -0.1) is 0 Å². The van der Waals surface area contributed by atoms with Crippen molar-refractivity contribution in [2.75, 3.05) is 11.9 Å². The quantitative estimate of drug-likeness (QED) is 0.840. The summed E-state index contributed by atoms with van der Waals surface area (Å²) < 4.78 is 1.12. The minimum atomic E-state index is 0.505. The standard InChI is InChI=1S/C16H18BrN/c1-12-8-15(17)10-16(9-12)18-11-13(2)14-6-4-3-5-7-14/h3-10,13,18H,11H2,1-2H3. The molecule has 0 saturated heterocycles. The Labute approximate surface area is 117 Å². The normalized spacial score (nSPS) is 12.2. The highest BCUT2D eigenvalue weighted by Crippen LogP contribution is 2.21. The molecule has 2 rings (SSSR count). The molecule has 1 N–H and O–H groups in total.